The number of hydrogen-bond acceptors (Lipinski definition) is 2. The van der Waals surface area contributed by atoms with E-state index in [2.05, 4.69) is 73.9 Å². The minimum atomic E-state index is 0.126. The van der Waals surface area contributed by atoms with Crippen molar-refractivity contribution in [2.75, 3.05) is 6.61 Å². The summed E-state index contributed by atoms with van der Waals surface area (Å²) < 4.78 is 8.26. The maximum Gasteiger partial charge on any atom is 0.139 e. The van der Waals surface area contributed by atoms with Crippen LogP contribution in [0.5, 0.6) is 0 Å². The molecule has 0 spiro atoms. The molecule has 1 saturated heterocycles. The van der Waals surface area contributed by atoms with E-state index in [1.807, 2.05) is 0 Å². The van der Waals surface area contributed by atoms with Crippen LogP contribution in [0.4, 0.5) is 0 Å². The van der Waals surface area contributed by atoms with Crippen molar-refractivity contribution in [2.45, 2.75) is 51.7 Å². The Morgan fingerprint density at radius 3 is 2.52 bits per heavy atom. The summed E-state index contributed by atoms with van der Waals surface area (Å²) in [5, 5.41) is 0. The number of nitrogens with zero attached hydrogens (tertiary/aromatic N) is 2. The molecule has 1 aliphatic rings. The zero-order chi connectivity index (χ0) is 17.4. The number of fused-ring (bicyclic) bond motifs is 1. The number of imidazole rings is 1. The summed E-state index contributed by atoms with van der Waals surface area (Å²) in [6.45, 7) is 8.43. The van der Waals surface area contributed by atoms with Crippen molar-refractivity contribution in [3.8, 4) is 0 Å². The summed E-state index contributed by atoms with van der Waals surface area (Å²) in [5.74, 6) is 1.07. The molecule has 3 heteroatoms. The molecule has 25 heavy (non-hydrogen) atoms. The summed E-state index contributed by atoms with van der Waals surface area (Å²) in [7, 11) is 0. The van der Waals surface area contributed by atoms with Crippen molar-refractivity contribution in [1.29, 1.82) is 0 Å². The Hall–Kier alpha value is -2.13. The normalized spacial score (nSPS) is 18.1. The molecule has 1 aliphatic heterocycles. The van der Waals surface area contributed by atoms with E-state index in [0.29, 0.717) is 0 Å². The Kier molecular flexibility index (Phi) is 4.12. The summed E-state index contributed by atoms with van der Waals surface area (Å²) in [5.41, 5.74) is 5.09. The van der Waals surface area contributed by atoms with Gasteiger partial charge in [0.25, 0.3) is 0 Å². The van der Waals surface area contributed by atoms with E-state index >= 15 is 0 Å². The summed E-state index contributed by atoms with van der Waals surface area (Å²) in [6, 6.07) is 17.4. The minimum Gasteiger partial charge on any atom is -0.370 e. The number of aromatic nitrogens is 2. The fraction of sp³-hybridized carbons (Fsp3) is 0.409. The van der Waals surface area contributed by atoms with Crippen LogP contribution in [0.3, 0.4) is 0 Å². The maximum atomic E-state index is 5.93. The molecule has 1 unspecified atom stereocenters. The number of benzene rings is 2. The van der Waals surface area contributed by atoms with Crippen molar-refractivity contribution in [3.05, 3.63) is 65.5 Å². The zero-order valence-electron chi connectivity index (χ0n) is 15.3. The van der Waals surface area contributed by atoms with Crippen molar-refractivity contribution in [3.63, 3.8) is 0 Å². The Bertz CT molecular complexity index is 865. The van der Waals surface area contributed by atoms with Crippen LogP contribution in [-0.4, -0.2) is 16.2 Å². The highest BCUT2D eigenvalue weighted by Gasteiger charge is 2.24. The van der Waals surface area contributed by atoms with Crippen molar-refractivity contribution < 1.29 is 4.74 Å². The van der Waals surface area contributed by atoms with Gasteiger partial charge in [-0.05, 0) is 41.5 Å². The van der Waals surface area contributed by atoms with Crippen LogP contribution in [0, 0.1) is 0 Å². The molecule has 1 aromatic heterocycles. The van der Waals surface area contributed by atoms with Crippen LogP contribution in [0.1, 0.15) is 56.7 Å². The third-order valence-electron chi connectivity index (χ3n) is 5.06. The molecule has 4 rings (SSSR count). The van der Waals surface area contributed by atoms with E-state index in [1.54, 1.807) is 0 Å². The Balaban J connectivity index is 1.71. The van der Waals surface area contributed by atoms with Gasteiger partial charge in [-0.2, -0.15) is 0 Å². The smallest absolute Gasteiger partial charge is 0.139 e. The fourth-order valence-corrected chi connectivity index (χ4v) is 3.58. The lowest BCUT2D eigenvalue weighted by atomic mass is 9.87. The van der Waals surface area contributed by atoms with Gasteiger partial charge in [-0.3, -0.25) is 0 Å². The molecule has 1 atom stereocenters. The van der Waals surface area contributed by atoms with E-state index in [-0.39, 0.29) is 11.5 Å². The zero-order valence-corrected chi connectivity index (χ0v) is 15.3. The van der Waals surface area contributed by atoms with E-state index in [9.17, 15) is 0 Å². The van der Waals surface area contributed by atoms with Crippen LogP contribution in [-0.2, 0) is 16.7 Å². The molecule has 130 valence electrons. The van der Waals surface area contributed by atoms with Gasteiger partial charge in [0.1, 0.15) is 11.9 Å². The standard InChI is InChI=1S/C22H26N2O/c1-22(2,3)17-12-10-16(11-13-17)15-24-19-8-5-4-7-18(19)23-21(24)20-9-6-14-25-20/h4-5,7-8,10-13,20H,6,9,14-15H2,1-3H3. The number of ether oxygens (including phenoxy) is 1. The first-order valence-corrected chi connectivity index (χ1v) is 9.18. The molecule has 3 nitrogen and oxygen atoms in total. The predicted octanol–water partition coefficient (Wildman–Crippen LogP) is 5.23. The van der Waals surface area contributed by atoms with Gasteiger partial charge in [0.15, 0.2) is 0 Å². The third kappa shape index (κ3) is 3.21. The lowest BCUT2D eigenvalue weighted by molar-refractivity contribution is 0.103. The van der Waals surface area contributed by atoms with Gasteiger partial charge in [0, 0.05) is 13.2 Å². The number of hydrogen-bond donors (Lipinski definition) is 0. The van der Waals surface area contributed by atoms with Crippen molar-refractivity contribution >= 4 is 11.0 Å². The topological polar surface area (TPSA) is 27.1 Å². The molecule has 2 heterocycles. The monoisotopic (exact) mass is 334 g/mol. The molecule has 2 aromatic carbocycles. The predicted molar refractivity (Wildman–Crippen MR) is 102 cm³/mol. The summed E-state index contributed by atoms with van der Waals surface area (Å²) in [4.78, 5) is 4.89. The second kappa shape index (κ2) is 6.30. The second-order valence-electron chi connectivity index (χ2n) is 7.99. The largest absolute Gasteiger partial charge is 0.370 e. The SMILES string of the molecule is CC(C)(C)c1ccc(Cn2c(C3CCCO3)nc3ccccc32)cc1. The first kappa shape index (κ1) is 16.3. The second-order valence-corrected chi connectivity index (χ2v) is 7.99. The molecular weight excluding hydrogens is 308 g/mol. The highest BCUT2D eigenvalue weighted by molar-refractivity contribution is 5.76. The van der Waals surface area contributed by atoms with Gasteiger partial charge in [-0.15, -0.1) is 0 Å². The molecule has 0 N–H and O–H groups in total. The van der Waals surface area contributed by atoms with Crippen LogP contribution >= 0.6 is 0 Å². The molecule has 0 amide bonds. The average molecular weight is 334 g/mol. The Morgan fingerprint density at radius 1 is 1.08 bits per heavy atom. The van der Waals surface area contributed by atoms with E-state index in [4.69, 9.17) is 9.72 Å². The van der Waals surface area contributed by atoms with Gasteiger partial charge >= 0.3 is 0 Å². The summed E-state index contributed by atoms with van der Waals surface area (Å²) in [6.07, 6.45) is 2.31. The molecule has 0 bridgehead atoms. The molecule has 1 fully saturated rings. The number of rotatable bonds is 3. The fourth-order valence-electron chi connectivity index (χ4n) is 3.58. The molecular formula is C22H26N2O. The van der Waals surface area contributed by atoms with Gasteiger partial charge < -0.3 is 9.30 Å². The first-order valence-electron chi connectivity index (χ1n) is 9.18. The third-order valence-corrected chi connectivity index (χ3v) is 5.06. The van der Waals surface area contributed by atoms with Crippen molar-refractivity contribution in [2.24, 2.45) is 0 Å². The Morgan fingerprint density at radius 2 is 1.84 bits per heavy atom. The summed E-state index contributed by atoms with van der Waals surface area (Å²) >= 11 is 0. The van der Waals surface area contributed by atoms with Crippen molar-refractivity contribution in [1.82, 2.24) is 9.55 Å². The van der Waals surface area contributed by atoms with E-state index in [1.165, 1.54) is 16.6 Å². The highest BCUT2D eigenvalue weighted by Crippen LogP contribution is 2.31. The van der Waals surface area contributed by atoms with Gasteiger partial charge in [-0.25, -0.2) is 4.98 Å². The molecule has 0 saturated carbocycles. The lowest BCUT2D eigenvalue weighted by Gasteiger charge is -2.19. The maximum absolute atomic E-state index is 5.93. The van der Waals surface area contributed by atoms with E-state index in [0.717, 1.165) is 37.3 Å². The van der Waals surface area contributed by atoms with Crippen LogP contribution in [0.15, 0.2) is 48.5 Å². The van der Waals surface area contributed by atoms with Gasteiger partial charge in [0.05, 0.1) is 11.0 Å². The Labute approximate surface area is 149 Å². The molecule has 0 aliphatic carbocycles. The van der Waals surface area contributed by atoms with Crippen LogP contribution in [0.25, 0.3) is 11.0 Å². The average Bonchev–Trinajstić information content (AvgIpc) is 3.23. The lowest BCUT2D eigenvalue weighted by Crippen LogP contribution is -2.12. The quantitative estimate of drug-likeness (QED) is 0.655. The van der Waals surface area contributed by atoms with Gasteiger partial charge in [0.2, 0.25) is 0 Å². The first-order chi connectivity index (χ1) is 12.0. The molecule has 3 aromatic rings. The molecule has 0 radical (unpaired) electrons. The number of para-hydroxylation sites is 2. The van der Waals surface area contributed by atoms with Crippen LogP contribution in [0.2, 0.25) is 0 Å². The van der Waals surface area contributed by atoms with Crippen LogP contribution < -0.4 is 0 Å². The highest BCUT2D eigenvalue weighted by atomic mass is 16.5. The van der Waals surface area contributed by atoms with Gasteiger partial charge in [-0.1, -0.05) is 57.2 Å². The van der Waals surface area contributed by atoms with E-state index < -0.39 is 0 Å². The minimum absolute atomic E-state index is 0.126.